The molecule has 0 saturated heterocycles. The molecule has 3 rings (SSSR count). The Hall–Kier alpha value is -2.83. The molecule has 0 spiro atoms. The first kappa shape index (κ1) is 16.0. The van der Waals surface area contributed by atoms with Gasteiger partial charge in [-0.1, -0.05) is 18.2 Å². The highest BCUT2D eigenvalue weighted by Crippen LogP contribution is 2.24. The van der Waals surface area contributed by atoms with Crippen LogP contribution in [0.5, 0.6) is 0 Å². The van der Waals surface area contributed by atoms with Crippen molar-refractivity contribution in [2.75, 3.05) is 6.54 Å². The molecule has 0 saturated carbocycles. The van der Waals surface area contributed by atoms with E-state index in [0.717, 1.165) is 40.6 Å². The van der Waals surface area contributed by atoms with Crippen LogP contribution in [0.4, 0.5) is 0 Å². The van der Waals surface area contributed by atoms with Crippen molar-refractivity contribution >= 4 is 16.9 Å². The second kappa shape index (κ2) is 7.16. The zero-order valence-electron chi connectivity index (χ0n) is 14.2. The molecule has 0 aliphatic carbocycles. The number of rotatable bonds is 5. The predicted molar refractivity (Wildman–Crippen MR) is 93.6 cm³/mol. The number of nitrogens with one attached hydrogen (secondary N) is 2. The fraction of sp³-hybridized carbons (Fsp3) is 0.353. The van der Waals surface area contributed by atoms with Crippen LogP contribution in [0.3, 0.4) is 0 Å². The Balaban J connectivity index is 1.71. The van der Waals surface area contributed by atoms with E-state index < -0.39 is 0 Å². The van der Waals surface area contributed by atoms with Crippen LogP contribution in [-0.4, -0.2) is 27.3 Å². The summed E-state index contributed by atoms with van der Waals surface area (Å²) in [7, 11) is 1.86. The first-order chi connectivity index (χ1) is 11.7. The molecule has 0 radical (unpaired) electrons. The number of aromatic nitrogens is 3. The van der Waals surface area contributed by atoms with Crippen LogP contribution in [0.15, 0.2) is 40.0 Å². The Bertz CT molecular complexity index is 848. The minimum atomic E-state index is 0.463. The Kier molecular flexibility index (Phi) is 4.79. The van der Waals surface area contributed by atoms with Gasteiger partial charge in [-0.25, -0.2) is 9.98 Å². The number of aryl methyl sites for hydroxylation is 2. The fourth-order valence-corrected chi connectivity index (χ4v) is 2.51. The van der Waals surface area contributed by atoms with Crippen LogP contribution < -0.4 is 10.6 Å². The van der Waals surface area contributed by atoms with E-state index in [0.29, 0.717) is 13.1 Å². The van der Waals surface area contributed by atoms with Crippen molar-refractivity contribution in [3.63, 3.8) is 0 Å². The monoisotopic (exact) mass is 326 g/mol. The van der Waals surface area contributed by atoms with Crippen LogP contribution in [-0.2, 0) is 20.1 Å². The zero-order valence-corrected chi connectivity index (χ0v) is 14.2. The smallest absolute Gasteiger partial charge is 0.192 e. The third kappa shape index (κ3) is 3.40. The Morgan fingerprint density at radius 2 is 2.12 bits per heavy atom. The van der Waals surface area contributed by atoms with Crippen molar-refractivity contribution in [3.8, 4) is 0 Å². The normalized spacial score (nSPS) is 11.9. The SMILES string of the molecule is CCNC(=NCc1ncnn1C)NCc1oc2ccccc2c1C. The molecule has 0 aliphatic heterocycles. The second-order valence-corrected chi connectivity index (χ2v) is 5.49. The largest absolute Gasteiger partial charge is 0.459 e. The molecule has 0 bridgehead atoms. The van der Waals surface area contributed by atoms with E-state index in [1.54, 1.807) is 4.68 Å². The summed E-state index contributed by atoms with van der Waals surface area (Å²) in [6, 6.07) is 8.06. The number of benzene rings is 1. The third-order valence-electron chi connectivity index (χ3n) is 3.89. The lowest BCUT2D eigenvalue weighted by Crippen LogP contribution is -2.36. The van der Waals surface area contributed by atoms with Gasteiger partial charge < -0.3 is 15.1 Å². The van der Waals surface area contributed by atoms with Crippen LogP contribution in [0, 0.1) is 6.92 Å². The molecule has 0 atom stereocenters. The summed E-state index contributed by atoms with van der Waals surface area (Å²) in [5, 5.41) is 11.7. The summed E-state index contributed by atoms with van der Waals surface area (Å²) in [5.41, 5.74) is 2.06. The lowest BCUT2D eigenvalue weighted by Gasteiger charge is -2.10. The van der Waals surface area contributed by atoms with Gasteiger partial charge in [0.25, 0.3) is 0 Å². The molecular formula is C17H22N6O. The van der Waals surface area contributed by atoms with Crippen molar-refractivity contribution in [2.24, 2.45) is 12.0 Å². The van der Waals surface area contributed by atoms with Crippen LogP contribution in [0.1, 0.15) is 24.1 Å². The number of furan rings is 1. The maximum absolute atomic E-state index is 5.93. The van der Waals surface area contributed by atoms with Crippen LogP contribution in [0.25, 0.3) is 11.0 Å². The first-order valence-corrected chi connectivity index (χ1v) is 8.01. The molecule has 7 heteroatoms. The first-order valence-electron chi connectivity index (χ1n) is 8.01. The molecule has 24 heavy (non-hydrogen) atoms. The quantitative estimate of drug-likeness (QED) is 0.554. The highest BCUT2D eigenvalue weighted by molar-refractivity contribution is 5.82. The van der Waals surface area contributed by atoms with Gasteiger partial charge >= 0.3 is 0 Å². The fourth-order valence-electron chi connectivity index (χ4n) is 2.51. The summed E-state index contributed by atoms with van der Waals surface area (Å²) in [5.74, 6) is 2.45. The summed E-state index contributed by atoms with van der Waals surface area (Å²) < 4.78 is 7.64. The number of para-hydroxylation sites is 1. The highest BCUT2D eigenvalue weighted by Gasteiger charge is 2.10. The summed E-state index contributed by atoms with van der Waals surface area (Å²) in [6.45, 7) is 5.93. The van der Waals surface area contributed by atoms with Crippen molar-refractivity contribution in [1.29, 1.82) is 0 Å². The van der Waals surface area contributed by atoms with E-state index in [-0.39, 0.29) is 0 Å². The molecular weight excluding hydrogens is 304 g/mol. The minimum Gasteiger partial charge on any atom is -0.459 e. The molecule has 2 N–H and O–H groups in total. The predicted octanol–water partition coefficient (Wildman–Crippen LogP) is 2.13. The van der Waals surface area contributed by atoms with Crippen molar-refractivity contribution in [2.45, 2.75) is 26.9 Å². The highest BCUT2D eigenvalue weighted by atomic mass is 16.3. The summed E-state index contributed by atoms with van der Waals surface area (Å²) in [4.78, 5) is 8.72. The van der Waals surface area contributed by atoms with Gasteiger partial charge in [0.1, 0.15) is 30.0 Å². The minimum absolute atomic E-state index is 0.463. The van der Waals surface area contributed by atoms with Gasteiger partial charge in [0, 0.05) is 24.5 Å². The molecule has 0 fully saturated rings. The van der Waals surface area contributed by atoms with Gasteiger partial charge in [-0.05, 0) is 19.9 Å². The van der Waals surface area contributed by atoms with Gasteiger partial charge in [-0.15, -0.1) is 0 Å². The van der Waals surface area contributed by atoms with Crippen molar-refractivity contribution in [1.82, 2.24) is 25.4 Å². The zero-order chi connectivity index (χ0) is 16.9. The van der Waals surface area contributed by atoms with Gasteiger partial charge in [-0.2, -0.15) is 5.10 Å². The van der Waals surface area contributed by atoms with E-state index in [2.05, 4.69) is 38.7 Å². The summed E-state index contributed by atoms with van der Waals surface area (Å²) >= 11 is 0. The molecule has 2 heterocycles. The molecule has 0 aliphatic rings. The molecule has 0 unspecified atom stereocenters. The van der Waals surface area contributed by atoms with E-state index >= 15 is 0 Å². The topological polar surface area (TPSA) is 80.3 Å². The molecule has 7 nitrogen and oxygen atoms in total. The van der Waals surface area contributed by atoms with Gasteiger partial charge in [0.15, 0.2) is 5.96 Å². The van der Waals surface area contributed by atoms with Gasteiger partial charge in [0.05, 0.1) is 6.54 Å². The van der Waals surface area contributed by atoms with Crippen molar-refractivity contribution in [3.05, 3.63) is 47.7 Å². The number of hydrogen-bond donors (Lipinski definition) is 2. The lowest BCUT2D eigenvalue weighted by atomic mass is 10.1. The molecule has 1 aromatic carbocycles. The Morgan fingerprint density at radius 1 is 1.29 bits per heavy atom. The van der Waals surface area contributed by atoms with E-state index in [9.17, 15) is 0 Å². The lowest BCUT2D eigenvalue weighted by molar-refractivity contribution is 0.534. The number of aliphatic imine (C=N–C) groups is 1. The maximum Gasteiger partial charge on any atom is 0.192 e. The van der Waals surface area contributed by atoms with Crippen molar-refractivity contribution < 1.29 is 4.42 Å². The molecule has 126 valence electrons. The molecule has 3 aromatic rings. The third-order valence-corrected chi connectivity index (χ3v) is 3.89. The number of nitrogens with zero attached hydrogens (tertiary/aromatic N) is 4. The average molecular weight is 326 g/mol. The van der Waals surface area contributed by atoms with Gasteiger partial charge in [-0.3, -0.25) is 4.68 Å². The molecule has 0 amide bonds. The van der Waals surface area contributed by atoms with E-state index in [4.69, 9.17) is 4.42 Å². The Morgan fingerprint density at radius 3 is 2.83 bits per heavy atom. The standard InChI is InChI=1S/C17H22N6O/c1-4-18-17(20-10-16-21-11-22-23(16)3)19-9-15-12(2)13-7-5-6-8-14(13)24-15/h5-8,11H,4,9-10H2,1-3H3,(H2,18,19,20). The molecule has 2 aromatic heterocycles. The summed E-state index contributed by atoms with van der Waals surface area (Å²) in [6.07, 6.45) is 1.53. The van der Waals surface area contributed by atoms with E-state index in [1.165, 1.54) is 6.33 Å². The van der Waals surface area contributed by atoms with Crippen LogP contribution in [0.2, 0.25) is 0 Å². The second-order valence-electron chi connectivity index (χ2n) is 5.49. The van der Waals surface area contributed by atoms with Crippen LogP contribution >= 0.6 is 0 Å². The number of fused-ring (bicyclic) bond motifs is 1. The average Bonchev–Trinajstić information content (AvgIpc) is 3.14. The Labute approximate surface area is 140 Å². The van der Waals surface area contributed by atoms with E-state index in [1.807, 2.05) is 32.2 Å². The number of hydrogen-bond acceptors (Lipinski definition) is 4. The maximum atomic E-state index is 5.93. The number of guanidine groups is 1. The van der Waals surface area contributed by atoms with Gasteiger partial charge in [0.2, 0.25) is 0 Å².